The number of methoxy groups -OCH3 is 1. The van der Waals surface area contributed by atoms with Gasteiger partial charge >= 0.3 is 11.9 Å². The molecule has 2 rings (SSSR count). The van der Waals surface area contributed by atoms with Gasteiger partial charge in [0.25, 0.3) is 5.91 Å². The maximum atomic E-state index is 12.7. The van der Waals surface area contributed by atoms with Gasteiger partial charge in [0.15, 0.2) is 0 Å². The van der Waals surface area contributed by atoms with Gasteiger partial charge in [0.2, 0.25) is 0 Å². The lowest BCUT2D eigenvalue weighted by atomic mass is 10.0. The van der Waals surface area contributed by atoms with Crippen molar-refractivity contribution in [1.29, 1.82) is 0 Å². The molecule has 6 nitrogen and oxygen atoms in total. The van der Waals surface area contributed by atoms with E-state index < -0.39 is 23.9 Å². The van der Waals surface area contributed by atoms with Crippen LogP contribution in [0.25, 0.3) is 6.08 Å². The lowest BCUT2D eigenvalue weighted by Gasteiger charge is -2.24. The summed E-state index contributed by atoms with van der Waals surface area (Å²) in [6, 6.07) is 5.58. The third-order valence-corrected chi connectivity index (χ3v) is 5.07. The van der Waals surface area contributed by atoms with Crippen molar-refractivity contribution < 1.29 is 24.2 Å². The van der Waals surface area contributed by atoms with Gasteiger partial charge in [-0.15, -0.1) is 0 Å². The average molecular weight is 393 g/mol. The molecule has 0 saturated carbocycles. The zero-order valence-electron chi connectivity index (χ0n) is 14.6. The molecule has 1 N–H and O–H groups in total. The predicted molar refractivity (Wildman–Crippen MR) is 104 cm³/mol. The van der Waals surface area contributed by atoms with Gasteiger partial charge < -0.3 is 9.84 Å². The number of carbonyl (C=O) groups is 3. The highest BCUT2D eigenvalue weighted by atomic mass is 32.2. The molecule has 1 aliphatic rings. The summed E-state index contributed by atoms with van der Waals surface area (Å²) in [6.45, 7) is 3.79. The number of hydrogen-bond acceptors (Lipinski definition) is 6. The number of carboxylic acids is 1. The van der Waals surface area contributed by atoms with E-state index in [4.69, 9.17) is 12.2 Å². The molecule has 0 bridgehead atoms. The quantitative estimate of drug-likeness (QED) is 0.451. The minimum atomic E-state index is -1.07. The number of hydrogen-bond donors (Lipinski definition) is 1. The smallest absolute Gasteiger partial charge is 0.337 e. The van der Waals surface area contributed by atoms with E-state index in [0.29, 0.717) is 22.5 Å². The second-order valence-electron chi connectivity index (χ2n) is 6.15. The third-order valence-electron chi connectivity index (χ3n) is 3.74. The predicted octanol–water partition coefficient (Wildman–Crippen LogP) is 3.17. The Morgan fingerprint density at radius 1 is 1.31 bits per heavy atom. The maximum Gasteiger partial charge on any atom is 0.337 e. The van der Waals surface area contributed by atoms with Gasteiger partial charge in [-0.05, 0) is 36.1 Å². The normalized spacial score (nSPS) is 17.1. The lowest BCUT2D eigenvalue weighted by Crippen LogP contribution is -2.44. The summed E-state index contributed by atoms with van der Waals surface area (Å²) in [5, 5.41) is 9.47. The molecule has 1 fully saturated rings. The number of nitrogens with zero attached hydrogens (tertiary/aromatic N) is 1. The topological polar surface area (TPSA) is 83.9 Å². The zero-order chi connectivity index (χ0) is 19.4. The van der Waals surface area contributed by atoms with Crippen molar-refractivity contribution in [1.82, 2.24) is 4.90 Å². The fourth-order valence-electron chi connectivity index (χ4n) is 2.50. The van der Waals surface area contributed by atoms with Gasteiger partial charge in [-0.2, -0.15) is 0 Å². The van der Waals surface area contributed by atoms with Crippen molar-refractivity contribution >= 4 is 52.2 Å². The number of thiocarbonyl (C=S) groups is 1. The number of aliphatic carboxylic acids is 1. The molecule has 1 heterocycles. The molecule has 0 unspecified atom stereocenters. The summed E-state index contributed by atoms with van der Waals surface area (Å²) in [5.41, 5.74) is 1.11. The Morgan fingerprint density at radius 3 is 2.42 bits per heavy atom. The molecule has 26 heavy (non-hydrogen) atoms. The molecule has 0 aromatic heterocycles. The maximum absolute atomic E-state index is 12.7. The van der Waals surface area contributed by atoms with Crippen molar-refractivity contribution in [3.63, 3.8) is 0 Å². The highest BCUT2D eigenvalue weighted by Crippen LogP contribution is 2.35. The second kappa shape index (κ2) is 8.46. The fourth-order valence-corrected chi connectivity index (χ4v) is 3.85. The number of rotatable bonds is 6. The van der Waals surface area contributed by atoms with Crippen LogP contribution in [-0.4, -0.2) is 45.3 Å². The molecule has 1 aliphatic heterocycles. The summed E-state index contributed by atoms with van der Waals surface area (Å²) in [6.07, 6.45) is 1.96. The standard InChI is InChI=1S/C18H19NO5S2/c1-10(2)8-13(16(21)22)19-15(20)14(26-18(19)25)9-11-4-6-12(7-5-11)17(23)24-3/h4-7,9-10,13H,8H2,1-3H3,(H,21,22)/b14-9-/t13-/m1/s1. The van der Waals surface area contributed by atoms with Crippen molar-refractivity contribution in [3.05, 3.63) is 40.3 Å². The third kappa shape index (κ3) is 4.50. The summed E-state index contributed by atoms with van der Waals surface area (Å²) in [5.74, 6) is -1.82. The number of thioether (sulfide) groups is 1. The minimum Gasteiger partial charge on any atom is -0.480 e. The van der Waals surface area contributed by atoms with Crippen molar-refractivity contribution in [2.75, 3.05) is 7.11 Å². The Bertz CT molecular complexity index is 770. The van der Waals surface area contributed by atoms with E-state index in [1.54, 1.807) is 30.3 Å². The molecule has 1 amide bonds. The van der Waals surface area contributed by atoms with Gasteiger partial charge in [-0.3, -0.25) is 9.69 Å². The fraction of sp³-hybridized carbons (Fsp3) is 0.333. The number of ether oxygens (including phenoxy) is 1. The molecular formula is C18H19NO5S2. The molecule has 0 radical (unpaired) electrons. The van der Waals surface area contributed by atoms with Crippen LogP contribution in [0.1, 0.15) is 36.2 Å². The van der Waals surface area contributed by atoms with Crippen molar-refractivity contribution in [2.24, 2.45) is 5.92 Å². The number of amides is 1. The molecule has 0 spiro atoms. The highest BCUT2D eigenvalue weighted by Gasteiger charge is 2.40. The molecule has 1 aromatic rings. The number of esters is 1. The summed E-state index contributed by atoms with van der Waals surface area (Å²) in [7, 11) is 1.30. The Hall–Kier alpha value is -2.19. The van der Waals surface area contributed by atoms with Crippen LogP contribution in [0.2, 0.25) is 0 Å². The zero-order valence-corrected chi connectivity index (χ0v) is 16.2. The first kappa shape index (κ1) is 20.1. The van der Waals surface area contributed by atoms with Crippen LogP contribution < -0.4 is 0 Å². The molecule has 8 heteroatoms. The minimum absolute atomic E-state index is 0.107. The van der Waals surface area contributed by atoms with Gasteiger partial charge in [0.05, 0.1) is 17.6 Å². The van der Waals surface area contributed by atoms with Gasteiger partial charge in [-0.25, -0.2) is 9.59 Å². The van der Waals surface area contributed by atoms with E-state index in [-0.39, 0.29) is 10.2 Å². The van der Waals surface area contributed by atoms with E-state index in [2.05, 4.69) is 4.74 Å². The van der Waals surface area contributed by atoms with Crippen LogP contribution in [0.5, 0.6) is 0 Å². The number of carbonyl (C=O) groups excluding carboxylic acids is 2. The summed E-state index contributed by atoms with van der Waals surface area (Å²) in [4.78, 5) is 37.3. The highest BCUT2D eigenvalue weighted by molar-refractivity contribution is 8.26. The van der Waals surface area contributed by atoms with Crippen LogP contribution in [0.4, 0.5) is 0 Å². The van der Waals surface area contributed by atoms with Crippen LogP contribution in [-0.2, 0) is 14.3 Å². The Morgan fingerprint density at radius 2 is 1.92 bits per heavy atom. The Labute approximate surface area is 161 Å². The van der Waals surface area contributed by atoms with Crippen LogP contribution in [0, 0.1) is 5.92 Å². The first-order chi connectivity index (χ1) is 12.2. The Kier molecular flexibility index (Phi) is 6.55. The summed E-state index contributed by atoms with van der Waals surface area (Å²) >= 11 is 6.31. The molecule has 1 saturated heterocycles. The monoisotopic (exact) mass is 393 g/mol. The molecule has 0 aliphatic carbocycles. The second-order valence-corrected chi connectivity index (χ2v) is 7.82. The van der Waals surface area contributed by atoms with E-state index in [0.717, 1.165) is 11.8 Å². The largest absolute Gasteiger partial charge is 0.480 e. The van der Waals surface area contributed by atoms with Crippen LogP contribution >= 0.6 is 24.0 Å². The van der Waals surface area contributed by atoms with Crippen LogP contribution in [0.3, 0.4) is 0 Å². The first-order valence-electron chi connectivity index (χ1n) is 7.92. The van der Waals surface area contributed by atoms with Crippen molar-refractivity contribution in [2.45, 2.75) is 26.3 Å². The molecule has 138 valence electrons. The van der Waals surface area contributed by atoms with Gasteiger partial charge in [0, 0.05) is 0 Å². The van der Waals surface area contributed by atoms with Gasteiger partial charge in [0.1, 0.15) is 10.4 Å². The summed E-state index contributed by atoms with van der Waals surface area (Å²) < 4.78 is 4.88. The lowest BCUT2D eigenvalue weighted by molar-refractivity contribution is -0.145. The van der Waals surface area contributed by atoms with E-state index in [1.165, 1.54) is 12.0 Å². The van der Waals surface area contributed by atoms with Crippen LogP contribution in [0.15, 0.2) is 29.2 Å². The van der Waals surface area contributed by atoms with Crippen molar-refractivity contribution in [3.8, 4) is 0 Å². The number of carboxylic acid groups (broad SMARTS) is 1. The SMILES string of the molecule is COC(=O)c1ccc(/C=C2\SC(=S)N([C@H](CC(C)C)C(=O)O)C2=O)cc1. The molecular weight excluding hydrogens is 374 g/mol. The van der Waals surface area contributed by atoms with E-state index >= 15 is 0 Å². The first-order valence-corrected chi connectivity index (χ1v) is 9.15. The number of benzene rings is 1. The van der Waals surface area contributed by atoms with E-state index in [1.807, 2.05) is 13.8 Å². The average Bonchev–Trinajstić information content (AvgIpc) is 2.86. The molecule has 1 aromatic carbocycles. The Balaban J connectivity index is 2.25. The molecule has 1 atom stereocenters. The van der Waals surface area contributed by atoms with E-state index in [9.17, 15) is 19.5 Å². The van der Waals surface area contributed by atoms with Gasteiger partial charge in [-0.1, -0.05) is 50.0 Å².